The highest BCUT2D eigenvalue weighted by molar-refractivity contribution is 7.99. The molecule has 1 atom stereocenters. The van der Waals surface area contributed by atoms with E-state index in [2.05, 4.69) is 17.1 Å². The normalized spacial score (nSPS) is 12.7. The first-order valence-electron chi connectivity index (χ1n) is 9.39. The van der Waals surface area contributed by atoms with Crippen LogP contribution in [0.15, 0.2) is 58.5 Å². The third-order valence-electron chi connectivity index (χ3n) is 4.84. The van der Waals surface area contributed by atoms with Gasteiger partial charge >= 0.3 is 0 Å². The Balaban J connectivity index is 1.85. The van der Waals surface area contributed by atoms with Crippen LogP contribution in [-0.2, 0) is 6.54 Å². The van der Waals surface area contributed by atoms with Crippen molar-refractivity contribution in [2.24, 2.45) is 0 Å². The molecule has 0 aliphatic rings. The van der Waals surface area contributed by atoms with Gasteiger partial charge < -0.3 is 0 Å². The number of unbranched alkanes of at least 4 members (excludes halogenated alkanes) is 1. The van der Waals surface area contributed by atoms with E-state index in [0.717, 1.165) is 23.9 Å². The van der Waals surface area contributed by atoms with Gasteiger partial charge in [-0.2, -0.15) is 0 Å². The van der Waals surface area contributed by atoms with E-state index in [1.54, 1.807) is 28.5 Å². The first kappa shape index (κ1) is 18.7. The minimum absolute atomic E-state index is 0.0351. The lowest BCUT2D eigenvalue weighted by molar-refractivity contribution is 0.620. The van der Waals surface area contributed by atoms with Gasteiger partial charge in [-0.05, 0) is 43.2 Å². The molecule has 7 heteroatoms. The second-order valence-corrected chi connectivity index (χ2v) is 8.07. The van der Waals surface area contributed by atoms with Crippen LogP contribution < -0.4 is 5.56 Å². The molecule has 2 aromatic heterocycles. The van der Waals surface area contributed by atoms with Crippen molar-refractivity contribution < 1.29 is 4.39 Å². The summed E-state index contributed by atoms with van der Waals surface area (Å²) < 4.78 is 16.9. The average Bonchev–Trinajstić information content (AvgIpc) is 3.12. The first-order valence-corrected chi connectivity index (χ1v) is 10.3. The summed E-state index contributed by atoms with van der Waals surface area (Å²) in [6.07, 6.45) is 1.89. The molecule has 5 nitrogen and oxygen atoms in total. The maximum absolute atomic E-state index is 13.2. The lowest BCUT2D eigenvalue weighted by atomic mass is 10.2. The summed E-state index contributed by atoms with van der Waals surface area (Å²) in [4.78, 5) is 13.0. The molecule has 2 aromatic carbocycles. The van der Waals surface area contributed by atoms with Crippen LogP contribution in [0.2, 0.25) is 0 Å². The standard InChI is InChI=1S/C21H21FN4OS/c1-3-4-13-25-19(27)17-7-5-6-8-18(17)26-20(25)23-24-21(26)28-14(2)15-9-11-16(22)12-10-15/h5-12,14H,3-4,13H2,1-2H3. The van der Waals surface area contributed by atoms with Gasteiger partial charge in [0.1, 0.15) is 5.82 Å². The Labute approximate surface area is 166 Å². The number of rotatable bonds is 6. The molecule has 0 bridgehead atoms. The third kappa shape index (κ3) is 3.30. The molecule has 0 aliphatic carbocycles. The van der Waals surface area contributed by atoms with Crippen molar-refractivity contribution in [2.45, 2.75) is 43.6 Å². The second kappa shape index (κ2) is 7.75. The fourth-order valence-electron chi connectivity index (χ4n) is 3.29. The number of aryl methyl sites for hydroxylation is 1. The van der Waals surface area contributed by atoms with Crippen LogP contribution in [0.1, 0.15) is 37.5 Å². The first-order chi connectivity index (χ1) is 13.6. The van der Waals surface area contributed by atoms with E-state index in [1.807, 2.05) is 35.6 Å². The summed E-state index contributed by atoms with van der Waals surface area (Å²) in [6.45, 7) is 4.76. The molecule has 4 rings (SSSR count). The van der Waals surface area contributed by atoms with Crippen LogP contribution in [0.3, 0.4) is 0 Å². The molecule has 28 heavy (non-hydrogen) atoms. The summed E-state index contributed by atoms with van der Waals surface area (Å²) in [6, 6.07) is 14.0. The molecule has 0 saturated carbocycles. The highest BCUT2D eigenvalue weighted by atomic mass is 32.2. The zero-order chi connectivity index (χ0) is 19.7. The van der Waals surface area contributed by atoms with E-state index in [1.165, 1.54) is 12.1 Å². The van der Waals surface area contributed by atoms with E-state index >= 15 is 0 Å². The van der Waals surface area contributed by atoms with E-state index in [4.69, 9.17) is 0 Å². The number of benzene rings is 2. The fraction of sp³-hybridized carbons (Fsp3) is 0.286. The van der Waals surface area contributed by atoms with Crippen LogP contribution in [0, 0.1) is 5.82 Å². The Morgan fingerprint density at radius 2 is 1.86 bits per heavy atom. The molecule has 0 aliphatic heterocycles. The fourth-order valence-corrected chi connectivity index (χ4v) is 4.27. The molecule has 0 spiro atoms. The number of fused-ring (bicyclic) bond motifs is 3. The lowest BCUT2D eigenvalue weighted by Crippen LogP contribution is -2.23. The summed E-state index contributed by atoms with van der Waals surface area (Å²) in [5.74, 6) is 0.311. The van der Waals surface area contributed by atoms with Gasteiger partial charge in [0.05, 0.1) is 10.9 Å². The predicted molar refractivity (Wildman–Crippen MR) is 110 cm³/mol. The SMILES string of the molecule is CCCCn1c(=O)c2ccccc2n2c(SC(C)c3ccc(F)cc3)nnc12. The van der Waals surface area contributed by atoms with E-state index in [0.29, 0.717) is 22.9 Å². The number of para-hydroxylation sites is 1. The molecule has 4 aromatic rings. The molecule has 1 unspecified atom stereocenters. The molecule has 0 saturated heterocycles. The van der Waals surface area contributed by atoms with Gasteiger partial charge in [-0.1, -0.05) is 49.4 Å². The van der Waals surface area contributed by atoms with Crippen LogP contribution in [0.5, 0.6) is 0 Å². The molecular formula is C21H21FN4OS. The number of hydrogen-bond donors (Lipinski definition) is 0. The Bertz CT molecular complexity index is 1180. The zero-order valence-electron chi connectivity index (χ0n) is 15.8. The van der Waals surface area contributed by atoms with Crippen LogP contribution in [0.25, 0.3) is 16.7 Å². The topological polar surface area (TPSA) is 52.2 Å². The van der Waals surface area contributed by atoms with Gasteiger partial charge in [-0.25, -0.2) is 4.39 Å². The highest BCUT2D eigenvalue weighted by Gasteiger charge is 2.19. The summed E-state index contributed by atoms with van der Waals surface area (Å²) >= 11 is 1.54. The summed E-state index contributed by atoms with van der Waals surface area (Å²) in [5, 5.41) is 10.1. The highest BCUT2D eigenvalue weighted by Crippen LogP contribution is 2.34. The van der Waals surface area contributed by atoms with Crippen molar-refractivity contribution >= 4 is 28.4 Å². The minimum atomic E-state index is -0.250. The van der Waals surface area contributed by atoms with Gasteiger partial charge in [0.2, 0.25) is 5.78 Å². The van der Waals surface area contributed by atoms with Gasteiger partial charge in [-0.3, -0.25) is 13.8 Å². The van der Waals surface area contributed by atoms with Crippen molar-refractivity contribution in [3.05, 3.63) is 70.3 Å². The van der Waals surface area contributed by atoms with Crippen molar-refractivity contribution in [2.75, 3.05) is 0 Å². The van der Waals surface area contributed by atoms with Crippen LogP contribution in [-0.4, -0.2) is 19.2 Å². The van der Waals surface area contributed by atoms with Crippen molar-refractivity contribution in [1.29, 1.82) is 0 Å². The van der Waals surface area contributed by atoms with Crippen LogP contribution >= 0.6 is 11.8 Å². The number of hydrogen-bond acceptors (Lipinski definition) is 4. The van der Waals surface area contributed by atoms with E-state index < -0.39 is 0 Å². The van der Waals surface area contributed by atoms with E-state index in [9.17, 15) is 9.18 Å². The van der Waals surface area contributed by atoms with Gasteiger partial charge in [0, 0.05) is 11.8 Å². The number of aromatic nitrogens is 4. The molecular weight excluding hydrogens is 375 g/mol. The third-order valence-corrected chi connectivity index (χ3v) is 5.94. The Hall–Kier alpha value is -2.67. The molecule has 0 fully saturated rings. The summed E-state index contributed by atoms with van der Waals surface area (Å²) in [7, 11) is 0. The average molecular weight is 396 g/mol. The molecule has 0 amide bonds. The Morgan fingerprint density at radius 1 is 1.11 bits per heavy atom. The van der Waals surface area contributed by atoms with Crippen molar-refractivity contribution in [3.8, 4) is 0 Å². The smallest absolute Gasteiger partial charge is 0.262 e. The maximum Gasteiger partial charge on any atom is 0.262 e. The number of nitrogens with zero attached hydrogens (tertiary/aromatic N) is 4. The van der Waals surface area contributed by atoms with E-state index in [-0.39, 0.29) is 16.6 Å². The van der Waals surface area contributed by atoms with Crippen LogP contribution in [0.4, 0.5) is 4.39 Å². The lowest BCUT2D eigenvalue weighted by Gasteiger charge is -2.13. The largest absolute Gasteiger partial charge is 0.276 e. The monoisotopic (exact) mass is 396 g/mol. The number of halogens is 1. The van der Waals surface area contributed by atoms with Gasteiger partial charge in [0.15, 0.2) is 5.16 Å². The van der Waals surface area contributed by atoms with Gasteiger partial charge in [-0.15, -0.1) is 10.2 Å². The second-order valence-electron chi connectivity index (χ2n) is 6.76. The predicted octanol–water partition coefficient (Wildman–Crippen LogP) is 4.84. The van der Waals surface area contributed by atoms with Crippen molar-refractivity contribution in [3.63, 3.8) is 0 Å². The molecule has 144 valence electrons. The quantitative estimate of drug-likeness (QED) is 0.438. The van der Waals surface area contributed by atoms with Crippen molar-refractivity contribution in [1.82, 2.24) is 19.2 Å². The Morgan fingerprint density at radius 3 is 2.61 bits per heavy atom. The number of thioether (sulfide) groups is 1. The summed E-state index contributed by atoms with van der Waals surface area (Å²) in [5.41, 5.74) is 1.77. The molecule has 0 radical (unpaired) electrons. The minimum Gasteiger partial charge on any atom is -0.276 e. The van der Waals surface area contributed by atoms with Gasteiger partial charge in [0.25, 0.3) is 5.56 Å². The maximum atomic E-state index is 13.2. The Kier molecular flexibility index (Phi) is 5.17. The molecule has 0 N–H and O–H groups in total. The molecule has 2 heterocycles. The zero-order valence-corrected chi connectivity index (χ0v) is 16.6.